The highest BCUT2D eigenvalue weighted by Gasteiger charge is 1.99. The molecular weight excluding hydrogens is 206 g/mol. The molecular formula is C12H17NO3. The highest BCUT2D eigenvalue weighted by molar-refractivity contribution is 5.75. The van der Waals surface area contributed by atoms with Gasteiger partial charge in [-0.3, -0.25) is 4.79 Å². The van der Waals surface area contributed by atoms with Gasteiger partial charge in [0.15, 0.2) is 0 Å². The van der Waals surface area contributed by atoms with Crippen LogP contribution < -0.4 is 10.1 Å². The number of rotatable bonds is 7. The maximum Gasteiger partial charge on any atom is 0.222 e. The third kappa shape index (κ3) is 5.36. The molecule has 0 aliphatic rings. The van der Waals surface area contributed by atoms with Crippen LogP contribution in [0, 0.1) is 0 Å². The smallest absolute Gasteiger partial charge is 0.222 e. The zero-order chi connectivity index (χ0) is 11.6. The van der Waals surface area contributed by atoms with Gasteiger partial charge in [-0.1, -0.05) is 18.2 Å². The van der Waals surface area contributed by atoms with E-state index >= 15 is 0 Å². The van der Waals surface area contributed by atoms with E-state index in [1.54, 1.807) is 7.11 Å². The van der Waals surface area contributed by atoms with Crippen molar-refractivity contribution in [1.82, 2.24) is 5.32 Å². The summed E-state index contributed by atoms with van der Waals surface area (Å²) in [7, 11) is 1.58. The van der Waals surface area contributed by atoms with Crippen LogP contribution in [0.25, 0.3) is 0 Å². The number of carbonyl (C=O) groups excluding carboxylic acids is 1. The summed E-state index contributed by atoms with van der Waals surface area (Å²) >= 11 is 0. The molecule has 0 atom stereocenters. The van der Waals surface area contributed by atoms with Crippen molar-refractivity contribution in [2.75, 3.05) is 26.9 Å². The van der Waals surface area contributed by atoms with Crippen molar-refractivity contribution in [3.63, 3.8) is 0 Å². The van der Waals surface area contributed by atoms with Crippen molar-refractivity contribution in [2.24, 2.45) is 0 Å². The molecule has 88 valence electrons. The molecule has 0 saturated carbocycles. The van der Waals surface area contributed by atoms with E-state index in [1.165, 1.54) is 0 Å². The number of methoxy groups -OCH3 is 1. The fraction of sp³-hybridized carbons (Fsp3) is 0.417. The van der Waals surface area contributed by atoms with E-state index in [9.17, 15) is 4.79 Å². The Hall–Kier alpha value is -1.55. The molecule has 0 fully saturated rings. The Morgan fingerprint density at radius 2 is 2.00 bits per heavy atom. The minimum atomic E-state index is -0.0153. The van der Waals surface area contributed by atoms with Gasteiger partial charge in [0.25, 0.3) is 0 Å². The Labute approximate surface area is 95.6 Å². The molecule has 0 saturated heterocycles. The second-order valence-electron chi connectivity index (χ2n) is 3.25. The molecule has 1 amide bonds. The third-order valence-electron chi connectivity index (χ3n) is 1.97. The molecule has 0 aliphatic carbocycles. The van der Waals surface area contributed by atoms with Crippen LogP contribution in [0.5, 0.6) is 5.75 Å². The van der Waals surface area contributed by atoms with Gasteiger partial charge in [0.1, 0.15) is 12.4 Å². The summed E-state index contributed by atoms with van der Waals surface area (Å²) < 4.78 is 10.2. The first-order chi connectivity index (χ1) is 7.83. The Morgan fingerprint density at radius 1 is 1.25 bits per heavy atom. The number of benzene rings is 1. The molecule has 1 aromatic rings. The monoisotopic (exact) mass is 223 g/mol. The maximum absolute atomic E-state index is 11.2. The first-order valence-corrected chi connectivity index (χ1v) is 5.26. The number of ether oxygens (including phenoxy) is 2. The highest BCUT2D eigenvalue weighted by atomic mass is 16.5. The summed E-state index contributed by atoms with van der Waals surface area (Å²) in [6, 6.07) is 9.51. The molecule has 0 aliphatic heterocycles. The van der Waals surface area contributed by atoms with Crippen molar-refractivity contribution < 1.29 is 14.3 Å². The third-order valence-corrected chi connectivity index (χ3v) is 1.97. The lowest BCUT2D eigenvalue weighted by Gasteiger charge is -2.07. The van der Waals surface area contributed by atoms with Gasteiger partial charge in [0, 0.05) is 13.5 Å². The van der Waals surface area contributed by atoms with Gasteiger partial charge in [-0.05, 0) is 12.1 Å². The summed E-state index contributed by atoms with van der Waals surface area (Å²) in [5, 5.41) is 2.74. The Bertz CT molecular complexity index is 300. The Balaban J connectivity index is 2.06. The van der Waals surface area contributed by atoms with E-state index in [-0.39, 0.29) is 5.91 Å². The second kappa shape index (κ2) is 7.70. The zero-order valence-corrected chi connectivity index (χ0v) is 9.44. The number of amides is 1. The van der Waals surface area contributed by atoms with Crippen LogP contribution in [0.1, 0.15) is 6.42 Å². The number of para-hydroxylation sites is 1. The molecule has 0 unspecified atom stereocenters. The molecule has 0 bridgehead atoms. The molecule has 0 aromatic heterocycles. The topological polar surface area (TPSA) is 47.6 Å². The lowest BCUT2D eigenvalue weighted by atomic mass is 10.3. The van der Waals surface area contributed by atoms with E-state index in [0.29, 0.717) is 26.2 Å². The van der Waals surface area contributed by atoms with Crippen LogP contribution in [0.15, 0.2) is 30.3 Å². The predicted molar refractivity (Wildman–Crippen MR) is 61.4 cm³/mol. The summed E-state index contributed by atoms with van der Waals surface area (Å²) in [5.74, 6) is 0.798. The van der Waals surface area contributed by atoms with Crippen LogP contribution >= 0.6 is 0 Å². The largest absolute Gasteiger partial charge is 0.492 e. The van der Waals surface area contributed by atoms with Crippen molar-refractivity contribution in [3.05, 3.63) is 30.3 Å². The van der Waals surface area contributed by atoms with Crippen LogP contribution in [0.3, 0.4) is 0 Å². The number of hydrogen-bond donors (Lipinski definition) is 1. The predicted octanol–water partition coefficient (Wildman–Crippen LogP) is 1.22. The second-order valence-corrected chi connectivity index (χ2v) is 3.25. The van der Waals surface area contributed by atoms with Gasteiger partial charge >= 0.3 is 0 Å². The summed E-state index contributed by atoms with van der Waals surface area (Å²) in [6.07, 6.45) is 0.391. The fourth-order valence-electron chi connectivity index (χ4n) is 1.16. The molecule has 16 heavy (non-hydrogen) atoms. The SMILES string of the molecule is COCCC(=O)NCCOc1ccccc1. The van der Waals surface area contributed by atoms with Crippen LogP contribution in [0.4, 0.5) is 0 Å². The summed E-state index contributed by atoms with van der Waals surface area (Å²) in [5.41, 5.74) is 0. The minimum Gasteiger partial charge on any atom is -0.492 e. The van der Waals surface area contributed by atoms with E-state index in [0.717, 1.165) is 5.75 Å². The Kier molecular flexibility index (Phi) is 6.03. The molecule has 1 N–H and O–H groups in total. The lowest BCUT2D eigenvalue weighted by Crippen LogP contribution is -2.28. The normalized spacial score (nSPS) is 9.81. The maximum atomic E-state index is 11.2. The number of nitrogens with one attached hydrogen (secondary N) is 1. The Morgan fingerprint density at radius 3 is 2.69 bits per heavy atom. The molecule has 4 heteroatoms. The average molecular weight is 223 g/mol. The van der Waals surface area contributed by atoms with Crippen LogP contribution in [-0.4, -0.2) is 32.8 Å². The van der Waals surface area contributed by atoms with Crippen LogP contribution in [0.2, 0.25) is 0 Å². The van der Waals surface area contributed by atoms with E-state index in [1.807, 2.05) is 30.3 Å². The minimum absolute atomic E-state index is 0.0153. The van der Waals surface area contributed by atoms with Gasteiger partial charge in [-0.25, -0.2) is 0 Å². The highest BCUT2D eigenvalue weighted by Crippen LogP contribution is 2.07. The lowest BCUT2D eigenvalue weighted by molar-refractivity contribution is -0.122. The van der Waals surface area contributed by atoms with Gasteiger partial charge in [0.05, 0.1) is 13.2 Å². The van der Waals surface area contributed by atoms with Crippen molar-refractivity contribution in [3.8, 4) is 5.75 Å². The van der Waals surface area contributed by atoms with Gasteiger partial charge in [-0.2, -0.15) is 0 Å². The van der Waals surface area contributed by atoms with Gasteiger partial charge in [-0.15, -0.1) is 0 Å². The quantitative estimate of drug-likeness (QED) is 0.707. The van der Waals surface area contributed by atoms with Crippen molar-refractivity contribution >= 4 is 5.91 Å². The molecule has 0 heterocycles. The van der Waals surface area contributed by atoms with E-state index in [4.69, 9.17) is 9.47 Å². The summed E-state index contributed by atoms with van der Waals surface area (Å²) in [6.45, 7) is 1.44. The first-order valence-electron chi connectivity index (χ1n) is 5.26. The summed E-state index contributed by atoms with van der Waals surface area (Å²) in [4.78, 5) is 11.2. The van der Waals surface area contributed by atoms with Crippen LogP contribution in [-0.2, 0) is 9.53 Å². The molecule has 0 spiro atoms. The van der Waals surface area contributed by atoms with E-state index in [2.05, 4.69) is 5.32 Å². The molecule has 0 radical (unpaired) electrons. The number of carbonyl (C=O) groups is 1. The van der Waals surface area contributed by atoms with Crippen molar-refractivity contribution in [2.45, 2.75) is 6.42 Å². The van der Waals surface area contributed by atoms with Gasteiger partial charge in [0.2, 0.25) is 5.91 Å². The average Bonchev–Trinajstić information content (AvgIpc) is 2.33. The van der Waals surface area contributed by atoms with E-state index < -0.39 is 0 Å². The molecule has 4 nitrogen and oxygen atoms in total. The standard InChI is InChI=1S/C12H17NO3/c1-15-9-7-12(14)13-8-10-16-11-5-3-2-4-6-11/h2-6H,7-10H2,1H3,(H,13,14). The zero-order valence-electron chi connectivity index (χ0n) is 9.44. The molecule has 1 rings (SSSR count). The van der Waals surface area contributed by atoms with Crippen molar-refractivity contribution in [1.29, 1.82) is 0 Å². The molecule has 1 aromatic carbocycles. The fourth-order valence-corrected chi connectivity index (χ4v) is 1.16. The first kappa shape index (κ1) is 12.5. The van der Waals surface area contributed by atoms with Gasteiger partial charge < -0.3 is 14.8 Å². The number of hydrogen-bond acceptors (Lipinski definition) is 3.